The van der Waals surface area contributed by atoms with E-state index >= 15 is 0 Å². The Hall–Kier alpha value is -2.51. The fourth-order valence-corrected chi connectivity index (χ4v) is 5.44. The lowest BCUT2D eigenvalue weighted by atomic mass is 10.0. The smallest absolute Gasteiger partial charge is 0.259 e. The first-order valence-corrected chi connectivity index (χ1v) is 11.2. The summed E-state index contributed by atoms with van der Waals surface area (Å²) in [5.41, 5.74) is 2.27. The Morgan fingerprint density at radius 2 is 2.10 bits per heavy atom. The molecule has 7 heteroatoms. The minimum absolute atomic E-state index is 0.0180. The van der Waals surface area contributed by atoms with Crippen LogP contribution in [0.3, 0.4) is 0 Å². The Bertz CT molecular complexity index is 1090. The van der Waals surface area contributed by atoms with Crippen LogP contribution in [-0.2, 0) is 35.2 Å². The van der Waals surface area contributed by atoms with E-state index in [9.17, 15) is 9.59 Å². The first-order chi connectivity index (χ1) is 14.6. The molecular formula is C23H27N3O3S. The van der Waals surface area contributed by atoms with Crippen LogP contribution in [-0.4, -0.2) is 47.6 Å². The number of nitrogens with zero attached hydrogens (tertiary/aromatic N) is 2. The number of rotatable bonds is 8. The topological polar surface area (TPSA) is 75.3 Å². The van der Waals surface area contributed by atoms with E-state index < -0.39 is 0 Å². The summed E-state index contributed by atoms with van der Waals surface area (Å²) in [4.78, 5) is 36.8. The molecule has 1 aliphatic rings. The van der Waals surface area contributed by atoms with Crippen LogP contribution in [0.15, 0.2) is 35.1 Å². The average molecular weight is 426 g/mol. The van der Waals surface area contributed by atoms with Crippen LogP contribution in [0.2, 0.25) is 0 Å². The summed E-state index contributed by atoms with van der Waals surface area (Å²) in [7, 11) is 3.47. The van der Waals surface area contributed by atoms with E-state index in [0.29, 0.717) is 25.3 Å². The number of benzene rings is 1. The lowest BCUT2D eigenvalue weighted by Crippen LogP contribution is -2.41. The number of carbonyl (C=O) groups is 1. The second kappa shape index (κ2) is 9.10. The average Bonchev–Trinajstić information content (AvgIpc) is 3.33. The third kappa shape index (κ3) is 4.32. The van der Waals surface area contributed by atoms with Gasteiger partial charge >= 0.3 is 0 Å². The number of aromatic amines is 1. The van der Waals surface area contributed by atoms with Gasteiger partial charge in [-0.3, -0.25) is 9.59 Å². The second-order valence-electron chi connectivity index (χ2n) is 7.85. The Balaban J connectivity index is 1.43. The highest BCUT2D eigenvalue weighted by Crippen LogP contribution is 2.34. The monoisotopic (exact) mass is 425 g/mol. The molecule has 1 N–H and O–H groups in total. The van der Waals surface area contributed by atoms with Crippen molar-refractivity contribution in [2.75, 3.05) is 20.8 Å². The second-order valence-corrected chi connectivity index (χ2v) is 8.94. The third-order valence-corrected chi connectivity index (χ3v) is 7.00. The lowest BCUT2D eigenvalue weighted by molar-refractivity contribution is -0.133. The molecule has 1 aliphatic carbocycles. The fraction of sp³-hybridized carbons (Fsp3) is 0.435. The molecular weight excluding hydrogens is 398 g/mol. The number of nitrogens with one attached hydrogen (secondary N) is 1. The minimum Gasteiger partial charge on any atom is -0.383 e. The first kappa shape index (κ1) is 20.8. The van der Waals surface area contributed by atoms with Gasteiger partial charge in [0.05, 0.1) is 18.0 Å². The van der Waals surface area contributed by atoms with Gasteiger partial charge < -0.3 is 14.6 Å². The van der Waals surface area contributed by atoms with Crippen molar-refractivity contribution >= 4 is 27.5 Å². The number of ether oxygens (including phenoxy) is 1. The normalized spacial score (nSPS) is 14.1. The maximum absolute atomic E-state index is 12.8. The molecule has 1 amide bonds. The Labute approximate surface area is 179 Å². The van der Waals surface area contributed by atoms with Crippen molar-refractivity contribution in [2.24, 2.45) is 0 Å². The lowest BCUT2D eigenvalue weighted by Gasteiger charge is -2.28. The van der Waals surface area contributed by atoms with Crippen molar-refractivity contribution in [3.8, 4) is 0 Å². The van der Waals surface area contributed by atoms with Gasteiger partial charge in [0.15, 0.2) is 0 Å². The number of thiophene rings is 1. The van der Waals surface area contributed by atoms with Gasteiger partial charge in [-0.2, -0.15) is 0 Å². The predicted molar refractivity (Wildman–Crippen MR) is 119 cm³/mol. The van der Waals surface area contributed by atoms with Crippen molar-refractivity contribution in [2.45, 2.75) is 44.6 Å². The molecule has 0 fully saturated rings. The fourth-order valence-electron chi connectivity index (χ4n) is 4.16. The molecule has 30 heavy (non-hydrogen) atoms. The van der Waals surface area contributed by atoms with Gasteiger partial charge in [-0.15, -0.1) is 11.3 Å². The van der Waals surface area contributed by atoms with Crippen LogP contribution >= 0.6 is 11.3 Å². The van der Waals surface area contributed by atoms with Gasteiger partial charge in [0.2, 0.25) is 5.91 Å². The number of aromatic nitrogens is 2. The molecule has 0 aliphatic heterocycles. The molecule has 2 heterocycles. The van der Waals surface area contributed by atoms with Gasteiger partial charge in [0.1, 0.15) is 10.7 Å². The van der Waals surface area contributed by atoms with Crippen molar-refractivity contribution in [3.05, 3.63) is 62.5 Å². The summed E-state index contributed by atoms with van der Waals surface area (Å²) in [6.45, 7) is 0.471. The summed E-state index contributed by atoms with van der Waals surface area (Å²) in [6.07, 6.45) is 4.57. The summed E-state index contributed by atoms with van der Waals surface area (Å²) < 4.78 is 5.35. The standard InChI is InChI=1S/C23H27N3O3S/c1-26(16(14-29-2)13-15-7-4-3-5-8-15)20(27)12-11-19-24-22(28)21-17-9-6-10-18(17)30-23(21)25-19/h3-5,7-8,16H,6,9-14H2,1-2H3,(H,24,25,28). The number of H-pyrrole nitrogens is 1. The predicted octanol–water partition coefficient (Wildman–Crippen LogP) is 3.12. The number of hydrogen-bond donors (Lipinski definition) is 1. The van der Waals surface area contributed by atoms with E-state index in [2.05, 4.69) is 22.1 Å². The SMILES string of the molecule is COCC(Cc1ccccc1)N(C)C(=O)CCc1nc2sc3c(c2c(=O)[nH]1)CCC3. The van der Waals surface area contributed by atoms with E-state index in [1.54, 1.807) is 23.3 Å². The van der Waals surface area contributed by atoms with Gasteiger partial charge in [-0.05, 0) is 36.8 Å². The highest BCUT2D eigenvalue weighted by atomic mass is 32.1. The molecule has 1 atom stereocenters. The molecule has 0 saturated heterocycles. The van der Waals surface area contributed by atoms with E-state index in [1.165, 1.54) is 16.0 Å². The van der Waals surface area contributed by atoms with Crippen LogP contribution in [0, 0.1) is 0 Å². The highest BCUT2D eigenvalue weighted by molar-refractivity contribution is 7.18. The van der Waals surface area contributed by atoms with Gasteiger partial charge in [-0.25, -0.2) is 4.98 Å². The first-order valence-electron chi connectivity index (χ1n) is 10.4. The molecule has 0 saturated carbocycles. The van der Waals surface area contributed by atoms with Crippen LogP contribution < -0.4 is 5.56 Å². The van der Waals surface area contributed by atoms with E-state index in [-0.39, 0.29) is 17.5 Å². The van der Waals surface area contributed by atoms with E-state index in [0.717, 1.165) is 35.9 Å². The van der Waals surface area contributed by atoms with Gasteiger partial charge in [0, 0.05) is 31.9 Å². The molecule has 158 valence electrons. The number of amides is 1. The van der Waals surface area contributed by atoms with Crippen molar-refractivity contribution in [1.29, 1.82) is 0 Å². The van der Waals surface area contributed by atoms with Crippen LogP contribution in [0.25, 0.3) is 10.2 Å². The number of methoxy groups -OCH3 is 1. The van der Waals surface area contributed by atoms with Crippen molar-refractivity contribution < 1.29 is 9.53 Å². The maximum atomic E-state index is 12.8. The number of likely N-dealkylation sites (N-methyl/N-ethyl adjacent to an activating group) is 1. The number of carbonyl (C=O) groups excluding carboxylic acids is 1. The molecule has 6 nitrogen and oxygen atoms in total. The molecule has 3 aromatic rings. The summed E-state index contributed by atoms with van der Waals surface area (Å²) in [6, 6.07) is 10.1. The van der Waals surface area contributed by atoms with Gasteiger partial charge in [-0.1, -0.05) is 30.3 Å². The van der Waals surface area contributed by atoms with Crippen molar-refractivity contribution in [3.63, 3.8) is 0 Å². The van der Waals surface area contributed by atoms with E-state index in [4.69, 9.17) is 4.74 Å². The quantitative estimate of drug-likeness (QED) is 0.602. The summed E-state index contributed by atoms with van der Waals surface area (Å²) in [5, 5.41) is 0.753. The molecule has 0 bridgehead atoms. The largest absolute Gasteiger partial charge is 0.383 e. The molecule has 4 rings (SSSR count). The summed E-state index contributed by atoms with van der Waals surface area (Å²) >= 11 is 1.63. The minimum atomic E-state index is -0.0726. The maximum Gasteiger partial charge on any atom is 0.259 e. The molecule has 1 aromatic carbocycles. The van der Waals surface area contributed by atoms with Crippen molar-refractivity contribution in [1.82, 2.24) is 14.9 Å². The molecule has 0 radical (unpaired) electrons. The number of fused-ring (bicyclic) bond motifs is 3. The molecule has 2 aromatic heterocycles. The molecule has 1 unspecified atom stereocenters. The third-order valence-electron chi connectivity index (χ3n) is 5.81. The zero-order valence-corrected chi connectivity index (χ0v) is 18.3. The van der Waals surface area contributed by atoms with E-state index in [1.807, 2.05) is 25.2 Å². The van der Waals surface area contributed by atoms with Crippen LogP contribution in [0.5, 0.6) is 0 Å². The van der Waals surface area contributed by atoms with Gasteiger partial charge in [0.25, 0.3) is 5.56 Å². The number of hydrogen-bond acceptors (Lipinski definition) is 5. The zero-order valence-electron chi connectivity index (χ0n) is 17.4. The Kier molecular flexibility index (Phi) is 6.29. The zero-order chi connectivity index (χ0) is 21.1. The molecule has 0 spiro atoms. The Morgan fingerprint density at radius 3 is 2.87 bits per heavy atom. The summed E-state index contributed by atoms with van der Waals surface area (Å²) in [5.74, 6) is 0.602. The highest BCUT2D eigenvalue weighted by Gasteiger charge is 2.23. The van der Waals surface area contributed by atoms with Crippen LogP contribution in [0.1, 0.15) is 34.7 Å². The Morgan fingerprint density at radius 1 is 1.30 bits per heavy atom. The van der Waals surface area contributed by atoms with Crippen LogP contribution in [0.4, 0.5) is 0 Å². The number of aryl methyl sites for hydroxylation is 3.